The highest BCUT2D eigenvalue weighted by atomic mass is 19.1. The highest BCUT2D eigenvalue weighted by Crippen LogP contribution is 2.21. The van der Waals surface area contributed by atoms with Crippen molar-refractivity contribution >= 4 is 34.6 Å². The summed E-state index contributed by atoms with van der Waals surface area (Å²) in [6.45, 7) is 0.683. The van der Waals surface area contributed by atoms with E-state index in [1.54, 1.807) is 30.3 Å². The average molecular weight is 615 g/mol. The maximum Gasteiger partial charge on any atom is 0.287 e. The molecule has 0 unspecified atom stereocenters. The van der Waals surface area contributed by atoms with E-state index in [1.807, 2.05) is 30.3 Å². The Kier molecular flexibility index (Phi) is 10.2. The number of rotatable bonds is 12. The van der Waals surface area contributed by atoms with Gasteiger partial charge in [-0.15, -0.1) is 0 Å². The first kappa shape index (κ1) is 31.4. The zero-order valence-electron chi connectivity index (χ0n) is 24.5. The number of aliphatic hydroxyl groups excluding tert-OH is 1. The second-order valence-corrected chi connectivity index (χ2v) is 11.1. The van der Waals surface area contributed by atoms with Gasteiger partial charge in [-0.2, -0.15) is 0 Å². The van der Waals surface area contributed by atoms with E-state index < -0.39 is 47.6 Å². The number of para-hydroxylation sites is 1. The Balaban J connectivity index is 1.36. The quantitative estimate of drug-likeness (QED) is 0.166. The molecule has 3 aromatic carbocycles. The first-order valence-electron chi connectivity index (χ1n) is 14.9. The lowest BCUT2D eigenvalue weighted by Crippen LogP contribution is -2.57. The van der Waals surface area contributed by atoms with Crippen LogP contribution in [0.15, 0.2) is 89.3 Å². The van der Waals surface area contributed by atoms with E-state index >= 15 is 0 Å². The molecule has 1 aromatic heterocycles. The smallest absolute Gasteiger partial charge is 0.287 e. The molecule has 5 N–H and O–H groups in total. The van der Waals surface area contributed by atoms with E-state index in [9.17, 15) is 28.7 Å². The topological polar surface area (TPSA) is 150 Å². The van der Waals surface area contributed by atoms with Gasteiger partial charge in [0.2, 0.25) is 11.8 Å². The van der Waals surface area contributed by atoms with Crippen LogP contribution in [0.5, 0.6) is 0 Å². The predicted molar refractivity (Wildman–Crippen MR) is 164 cm³/mol. The van der Waals surface area contributed by atoms with Crippen molar-refractivity contribution in [3.8, 4) is 0 Å². The Morgan fingerprint density at radius 3 is 2.40 bits per heavy atom. The zero-order chi connectivity index (χ0) is 31.8. The van der Waals surface area contributed by atoms with Gasteiger partial charge >= 0.3 is 0 Å². The largest absolute Gasteiger partial charge is 0.451 e. The minimum absolute atomic E-state index is 0.00170. The zero-order valence-corrected chi connectivity index (χ0v) is 24.5. The number of benzene rings is 3. The summed E-state index contributed by atoms with van der Waals surface area (Å²) in [5, 5.41) is 22.8. The standard InChI is InChI=1S/C34H35FN4O6/c35-25-14-12-21(13-15-25)17-27(39-33(43)29-19-23-9-4-5-11-28(23)45-29)32(42)38-26(18-24-10-6-16-36-31(24)41)30(40)34(44)37-20-22-7-2-1-3-8-22/h1-5,7-9,11-15,19,24,26-27,30,40H,6,10,16-18,20H2,(H,36,41)(H,37,44)(H,38,42)(H,39,43)/t24-,26+,27-,30-/m0/s1. The van der Waals surface area contributed by atoms with Gasteiger partial charge in [0.15, 0.2) is 11.9 Å². The highest BCUT2D eigenvalue weighted by Gasteiger charge is 2.35. The number of piperidine rings is 1. The van der Waals surface area contributed by atoms with E-state index in [0.29, 0.717) is 35.9 Å². The fraction of sp³-hybridized carbons (Fsp3) is 0.294. The summed E-state index contributed by atoms with van der Waals surface area (Å²) < 4.78 is 19.3. The van der Waals surface area contributed by atoms with Crippen LogP contribution in [0.3, 0.4) is 0 Å². The highest BCUT2D eigenvalue weighted by molar-refractivity contribution is 5.99. The van der Waals surface area contributed by atoms with Gasteiger partial charge in [-0.1, -0.05) is 60.7 Å². The fourth-order valence-electron chi connectivity index (χ4n) is 5.38. The molecule has 10 nitrogen and oxygen atoms in total. The second-order valence-electron chi connectivity index (χ2n) is 11.1. The summed E-state index contributed by atoms with van der Waals surface area (Å²) in [4.78, 5) is 52.8. The maximum atomic E-state index is 13.8. The van der Waals surface area contributed by atoms with Gasteiger partial charge in [0.1, 0.15) is 17.4 Å². The average Bonchev–Trinajstić information content (AvgIpc) is 3.50. The number of carbonyl (C=O) groups excluding carboxylic acids is 4. The molecule has 4 aromatic rings. The molecule has 2 heterocycles. The van der Waals surface area contributed by atoms with E-state index in [-0.39, 0.29) is 31.1 Å². The molecule has 0 bridgehead atoms. The molecule has 4 atom stereocenters. The normalized spacial score (nSPS) is 16.7. The van der Waals surface area contributed by atoms with Crippen molar-refractivity contribution in [1.29, 1.82) is 0 Å². The van der Waals surface area contributed by atoms with Gasteiger partial charge in [0.05, 0.1) is 6.04 Å². The fourth-order valence-corrected chi connectivity index (χ4v) is 5.38. The number of hydrogen-bond donors (Lipinski definition) is 5. The third-order valence-electron chi connectivity index (χ3n) is 7.85. The molecule has 1 fully saturated rings. The van der Waals surface area contributed by atoms with Crippen LogP contribution in [0.2, 0.25) is 0 Å². The summed E-state index contributed by atoms with van der Waals surface area (Å²) >= 11 is 0. The van der Waals surface area contributed by atoms with Crippen LogP contribution in [-0.4, -0.2) is 53.5 Å². The molecule has 0 radical (unpaired) electrons. The van der Waals surface area contributed by atoms with Crippen molar-refractivity contribution in [1.82, 2.24) is 21.3 Å². The third-order valence-corrected chi connectivity index (χ3v) is 7.85. The molecule has 11 heteroatoms. The molecular weight excluding hydrogens is 579 g/mol. The van der Waals surface area contributed by atoms with Gasteiger partial charge < -0.3 is 30.8 Å². The van der Waals surface area contributed by atoms with Crippen LogP contribution in [0, 0.1) is 11.7 Å². The number of furan rings is 1. The Morgan fingerprint density at radius 1 is 0.933 bits per heavy atom. The van der Waals surface area contributed by atoms with Crippen LogP contribution in [0.4, 0.5) is 4.39 Å². The van der Waals surface area contributed by atoms with Gasteiger partial charge in [-0.25, -0.2) is 4.39 Å². The van der Waals surface area contributed by atoms with E-state index in [0.717, 1.165) is 5.56 Å². The Bertz CT molecular complexity index is 1610. The van der Waals surface area contributed by atoms with Crippen molar-refractivity contribution in [3.63, 3.8) is 0 Å². The maximum absolute atomic E-state index is 13.8. The third kappa shape index (κ3) is 8.33. The molecule has 0 saturated carbocycles. The molecular formula is C34H35FN4O6. The molecule has 1 aliphatic heterocycles. The molecule has 234 valence electrons. The lowest BCUT2D eigenvalue weighted by molar-refractivity contribution is -0.135. The van der Waals surface area contributed by atoms with Crippen molar-refractivity contribution in [3.05, 3.63) is 108 Å². The minimum Gasteiger partial charge on any atom is -0.451 e. The van der Waals surface area contributed by atoms with Gasteiger partial charge in [-0.05, 0) is 54.7 Å². The summed E-state index contributed by atoms with van der Waals surface area (Å²) in [6.07, 6.45) is -0.472. The van der Waals surface area contributed by atoms with Crippen LogP contribution >= 0.6 is 0 Å². The summed E-state index contributed by atoms with van der Waals surface area (Å²) in [5.74, 6) is -3.30. The van der Waals surface area contributed by atoms with Gasteiger partial charge in [-0.3, -0.25) is 19.2 Å². The van der Waals surface area contributed by atoms with Crippen LogP contribution in [0.25, 0.3) is 11.0 Å². The van der Waals surface area contributed by atoms with E-state index in [1.165, 1.54) is 24.3 Å². The molecule has 1 aliphatic rings. The predicted octanol–water partition coefficient (Wildman–Crippen LogP) is 2.99. The van der Waals surface area contributed by atoms with Crippen molar-refractivity contribution in [2.75, 3.05) is 6.54 Å². The number of aliphatic hydroxyl groups is 1. The molecule has 4 amide bonds. The first-order chi connectivity index (χ1) is 21.8. The van der Waals surface area contributed by atoms with Crippen LogP contribution < -0.4 is 21.3 Å². The number of nitrogens with one attached hydrogen (secondary N) is 4. The molecule has 5 rings (SSSR count). The molecule has 0 spiro atoms. The van der Waals surface area contributed by atoms with E-state index in [2.05, 4.69) is 21.3 Å². The number of amides is 4. The molecule has 1 saturated heterocycles. The number of carbonyl (C=O) groups is 4. The summed E-state index contributed by atoms with van der Waals surface area (Å²) in [7, 11) is 0. The molecule has 45 heavy (non-hydrogen) atoms. The van der Waals surface area contributed by atoms with Crippen molar-refractivity contribution in [2.24, 2.45) is 5.92 Å². The first-order valence-corrected chi connectivity index (χ1v) is 14.9. The minimum atomic E-state index is -1.69. The lowest BCUT2D eigenvalue weighted by atomic mass is 9.89. The van der Waals surface area contributed by atoms with Gasteiger partial charge in [0.25, 0.3) is 11.8 Å². The SMILES string of the molecule is O=C(N[C@@H](Cc1ccc(F)cc1)C(=O)N[C@H](C[C@@H]1CCCNC1=O)[C@H](O)C(=O)NCc1ccccc1)c1cc2ccccc2o1. The summed E-state index contributed by atoms with van der Waals surface area (Å²) in [5.41, 5.74) is 1.88. The molecule has 0 aliphatic carbocycles. The Hall–Kier alpha value is -5.03. The number of fused-ring (bicyclic) bond motifs is 1. The van der Waals surface area contributed by atoms with Crippen LogP contribution in [-0.2, 0) is 27.3 Å². The lowest BCUT2D eigenvalue weighted by Gasteiger charge is -2.30. The van der Waals surface area contributed by atoms with Crippen molar-refractivity contribution < 1.29 is 33.1 Å². The van der Waals surface area contributed by atoms with Crippen LogP contribution in [0.1, 0.15) is 40.9 Å². The number of hydrogen-bond acceptors (Lipinski definition) is 6. The Morgan fingerprint density at radius 2 is 1.67 bits per heavy atom. The van der Waals surface area contributed by atoms with Crippen molar-refractivity contribution in [2.45, 2.75) is 50.4 Å². The van der Waals surface area contributed by atoms with E-state index in [4.69, 9.17) is 4.42 Å². The monoisotopic (exact) mass is 614 g/mol. The van der Waals surface area contributed by atoms with Gasteiger partial charge in [0, 0.05) is 30.8 Å². The summed E-state index contributed by atoms with van der Waals surface area (Å²) in [6, 6.07) is 20.9. The number of halogens is 1. The second kappa shape index (κ2) is 14.6. The Labute approximate surface area is 259 Å².